The van der Waals surface area contributed by atoms with Crippen molar-refractivity contribution < 1.29 is 52.2 Å². The van der Waals surface area contributed by atoms with E-state index < -0.39 is 57.8 Å². The maximum atomic E-state index is 12.9. The largest absolute Gasteiger partial charge is 0.472 e. The van der Waals surface area contributed by atoms with Gasteiger partial charge in [0.05, 0.1) is 19.8 Å². The predicted molar refractivity (Wildman–Crippen MR) is 297 cm³/mol. The Kier molecular flexibility index (Phi) is 50.1. The quantitative estimate of drug-likeness (QED) is 0.0197. The number of phosphoric ester groups is 1. The smallest absolute Gasteiger partial charge is 0.462 e. The summed E-state index contributed by atoms with van der Waals surface area (Å²) in [6.45, 7) is 4.25. The van der Waals surface area contributed by atoms with Crippen molar-refractivity contribution in [2.24, 2.45) is 0 Å². The number of aliphatic hydroxyl groups is 1. The van der Waals surface area contributed by atoms with Crippen LogP contribution in [0.25, 0.3) is 0 Å². The monoisotopic (exact) mass is 1020 g/mol. The lowest BCUT2D eigenvalue weighted by molar-refractivity contribution is -0.161. The van der Waals surface area contributed by atoms with Crippen LogP contribution in [0.3, 0.4) is 0 Å². The number of esters is 3. The first-order chi connectivity index (χ1) is 35.2. The number of hydrogen-bond acceptors (Lipinski definition) is 10. The predicted octanol–water partition coefficient (Wildman–Crippen LogP) is 16.0. The molecule has 0 aromatic carbocycles. The van der Waals surface area contributed by atoms with Gasteiger partial charge >= 0.3 is 25.7 Å². The first-order valence-corrected chi connectivity index (χ1v) is 28.9. The number of phosphoric acid groups is 1. The van der Waals surface area contributed by atoms with Gasteiger partial charge in [-0.3, -0.25) is 23.4 Å². The molecule has 3 atom stereocenters. The van der Waals surface area contributed by atoms with E-state index in [1.54, 1.807) is 0 Å². The molecule has 0 heterocycles. The maximum Gasteiger partial charge on any atom is 0.472 e. The first kappa shape index (κ1) is 67.9. The lowest BCUT2D eigenvalue weighted by Gasteiger charge is -2.21. The molecule has 0 spiro atoms. The number of carbonyl (C=O) groups excluding carboxylic acids is 3. The molecule has 0 bridgehead atoms. The van der Waals surface area contributed by atoms with Crippen molar-refractivity contribution >= 4 is 25.7 Å². The van der Waals surface area contributed by atoms with Crippen molar-refractivity contribution in [3.63, 3.8) is 0 Å². The summed E-state index contributed by atoms with van der Waals surface area (Å²) < 4.78 is 39.3. The van der Waals surface area contributed by atoms with Gasteiger partial charge in [-0.05, 0) is 96.3 Å². The van der Waals surface area contributed by atoms with Crippen molar-refractivity contribution in [1.82, 2.24) is 0 Å². The van der Waals surface area contributed by atoms with Crippen LogP contribution in [0.1, 0.15) is 201 Å². The number of hydrogen-bond donors (Lipinski definition) is 2. The fourth-order valence-corrected chi connectivity index (χ4v) is 7.57. The van der Waals surface area contributed by atoms with Crippen LogP contribution in [-0.4, -0.2) is 66.5 Å². The van der Waals surface area contributed by atoms with Gasteiger partial charge in [0.25, 0.3) is 0 Å². The number of carbonyl (C=O) groups is 3. The van der Waals surface area contributed by atoms with Crippen molar-refractivity contribution in [3.05, 3.63) is 122 Å². The SMILES string of the molecule is CC/C=C\C/C=C\C/C=C\C/C=C\C/C=C\C/C=C\CCC(=O)OC(COC(=O)CCCCCCCCCCC)COP(=O)(O)OCC(CO)OC(=O)CCCCCC/C=C\C/C=C\C/C=C\C/C=C\CC. The Morgan fingerprint density at radius 3 is 1.19 bits per heavy atom. The van der Waals surface area contributed by atoms with Crippen LogP contribution < -0.4 is 0 Å². The summed E-state index contributed by atoms with van der Waals surface area (Å²) in [5.74, 6) is -1.61. The Hall–Kier alpha value is -4.12. The van der Waals surface area contributed by atoms with Crippen LogP contribution in [0.15, 0.2) is 122 Å². The fourth-order valence-electron chi connectivity index (χ4n) is 6.78. The summed E-state index contributed by atoms with van der Waals surface area (Å²) in [5.41, 5.74) is 0. The van der Waals surface area contributed by atoms with Crippen molar-refractivity contribution in [1.29, 1.82) is 0 Å². The second-order valence-electron chi connectivity index (χ2n) is 17.6. The van der Waals surface area contributed by atoms with E-state index in [1.807, 2.05) is 12.2 Å². The molecule has 2 N–H and O–H groups in total. The minimum absolute atomic E-state index is 0.0356. The highest BCUT2D eigenvalue weighted by Gasteiger charge is 2.28. The number of rotatable bonds is 49. The lowest BCUT2D eigenvalue weighted by Crippen LogP contribution is -2.30. The van der Waals surface area contributed by atoms with E-state index >= 15 is 0 Å². The Bertz CT molecular complexity index is 1670. The normalized spacial score (nSPS) is 14.3. The zero-order valence-electron chi connectivity index (χ0n) is 44.8. The molecule has 0 amide bonds. The van der Waals surface area contributed by atoms with E-state index in [0.717, 1.165) is 103 Å². The van der Waals surface area contributed by atoms with E-state index in [-0.39, 0.29) is 25.9 Å². The minimum atomic E-state index is -4.78. The molecule has 0 aliphatic rings. The molecule has 0 fully saturated rings. The molecule has 0 saturated heterocycles. The van der Waals surface area contributed by atoms with Crippen LogP contribution in [0.4, 0.5) is 0 Å². The number of unbranched alkanes of at least 4 members (excludes halogenated alkanes) is 12. The molecule has 0 rings (SSSR count). The molecule has 0 aliphatic heterocycles. The van der Waals surface area contributed by atoms with Crippen LogP contribution >= 0.6 is 7.82 Å². The number of allylic oxidation sites excluding steroid dienone is 20. The van der Waals surface area contributed by atoms with Gasteiger partial charge in [-0.25, -0.2) is 4.57 Å². The zero-order valence-corrected chi connectivity index (χ0v) is 45.7. The maximum absolute atomic E-state index is 12.9. The molecule has 72 heavy (non-hydrogen) atoms. The van der Waals surface area contributed by atoms with Gasteiger partial charge < -0.3 is 24.2 Å². The molecule has 0 saturated carbocycles. The molecule has 0 aromatic rings. The molecule has 408 valence electrons. The molecular formula is C60H97O11P. The van der Waals surface area contributed by atoms with E-state index in [4.69, 9.17) is 23.3 Å². The Balaban J connectivity index is 4.80. The highest BCUT2D eigenvalue weighted by molar-refractivity contribution is 7.47. The van der Waals surface area contributed by atoms with Gasteiger partial charge in [-0.15, -0.1) is 0 Å². The minimum Gasteiger partial charge on any atom is -0.462 e. The Morgan fingerprint density at radius 1 is 0.403 bits per heavy atom. The fraction of sp³-hybridized carbons (Fsp3) is 0.617. The molecule has 0 aliphatic carbocycles. The van der Waals surface area contributed by atoms with Crippen LogP contribution in [-0.2, 0) is 42.2 Å². The van der Waals surface area contributed by atoms with Gasteiger partial charge in [0, 0.05) is 19.3 Å². The van der Waals surface area contributed by atoms with Crippen molar-refractivity contribution in [2.45, 2.75) is 213 Å². The average Bonchev–Trinajstić information content (AvgIpc) is 3.37. The van der Waals surface area contributed by atoms with E-state index in [2.05, 4.69) is 130 Å². The molecular weight excluding hydrogens is 928 g/mol. The second kappa shape index (κ2) is 53.2. The van der Waals surface area contributed by atoms with Gasteiger partial charge in [0.1, 0.15) is 12.7 Å². The van der Waals surface area contributed by atoms with Gasteiger partial charge in [0.15, 0.2) is 6.10 Å². The number of aliphatic hydroxyl groups excluding tert-OH is 1. The summed E-state index contributed by atoms with van der Waals surface area (Å²) in [6, 6.07) is 0. The van der Waals surface area contributed by atoms with Gasteiger partial charge in [-0.2, -0.15) is 0 Å². The average molecular weight is 1030 g/mol. The Morgan fingerprint density at radius 2 is 0.750 bits per heavy atom. The van der Waals surface area contributed by atoms with Gasteiger partial charge in [0.2, 0.25) is 0 Å². The van der Waals surface area contributed by atoms with Crippen molar-refractivity contribution in [2.75, 3.05) is 26.4 Å². The topological polar surface area (TPSA) is 155 Å². The summed E-state index contributed by atoms with van der Waals surface area (Å²) in [5, 5.41) is 9.79. The standard InChI is InChI=1S/C60H97O11P/c1-4-7-10-13-16-19-21-23-25-27-28-30-32-34-36-39-42-45-48-51-60(64)71-57(53-67-58(62)49-46-43-40-37-18-15-12-9-6-3)55-69-72(65,66)68-54-56(52-61)70-59(63)50-47-44-41-38-35-33-31-29-26-24-22-20-17-14-11-8-5-2/h7-8,10-11,16-17,19-20,23-26,28,30-31,33-34,36,42,45,56-57,61H,4-6,9,12-15,18,21-22,27,29,32,35,37-41,43-44,46-55H2,1-3H3,(H,65,66)/b10-7-,11-8-,19-16-,20-17-,25-23-,26-24-,30-28-,33-31-,36-34-,45-42-. The van der Waals surface area contributed by atoms with Crippen molar-refractivity contribution in [3.8, 4) is 0 Å². The summed E-state index contributed by atoms with van der Waals surface area (Å²) >= 11 is 0. The third-order valence-electron chi connectivity index (χ3n) is 10.9. The summed E-state index contributed by atoms with van der Waals surface area (Å²) in [6.07, 6.45) is 64.7. The van der Waals surface area contributed by atoms with Crippen LogP contribution in [0.5, 0.6) is 0 Å². The molecule has 3 unspecified atom stereocenters. The lowest BCUT2D eigenvalue weighted by atomic mass is 10.1. The molecule has 11 nitrogen and oxygen atoms in total. The van der Waals surface area contributed by atoms with E-state index in [0.29, 0.717) is 25.7 Å². The zero-order chi connectivity index (χ0) is 52.7. The molecule has 0 aromatic heterocycles. The summed E-state index contributed by atoms with van der Waals surface area (Å²) in [7, 11) is -4.78. The second-order valence-corrected chi connectivity index (χ2v) is 19.1. The molecule has 0 radical (unpaired) electrons. The summed E-state index contributed by atoms with van der Waals surface area (Å²) in [4.78, 5) is 48.3. The highest BCUT2D eigenvalue weighted by atomic mass is 31.2. The van der Waals surface area contributed by atoms with Crippen LogP contribution in [0.2, 0.25) is 0 Å². The first-order valence-electron chi connectivity index (χ1n) is 27.4. The van der Waals surface area contributed by atoms with E-state index in [9.17, 15) is 28.9 Å². The highest BCUT2D eigenvalue weighted by Crippen LogP contribution is 2.43. The third kappa shape index (κ3) is 50.8. The Labute approximate surface area is 437 Å². The van der Waals surface area contributed by atoms with Gasteiger partial charge in [-0.1, -0.05) is 206 Å². The third-order valence-corrected chi connectivity index (χ3v) is 11.8. The molecule has 12 heteroatoms. The number of ether oxygens (including phenoxy) is 3. The van der Waals surface area contributed by atoms with E-state index in [1.165, 1.54) is 32.1 Å². The van der Waals surface area contributed by atoms with Crippen LogP contribution in [0, 0.1) is 0 Å².